The molecule has 1 aliphatic carbocycles. The van der Waals surface area contributed by atoms with Crippen LogP contribution in [-0.4, -0.2) is 29.7 Å². The van der Waals surface area contributed by atoms with E-state index < -0.39 is 5.54 Å². The van der Waals surface area contributed by atoms with Crippen molar-refractivity contribution in [2.24, 2.45) is 17.0 Å². The standard InChI is InChI=1S/C17H18ClN5O3/c1-17(2,22-23-19)13-7-21-15(12-6-20-14(18)5-11(12)13)26-8-9-4-10(9)16(24)25-3/h5-7,9-10H,4,8H2,1-3H3/t9-,10+/m0/s1. The van der Waals surface area contributed by atoms with Crippen molar-refractivity contribution >= 4 is 28.3 Å². The highest BCUT2D eigenvalue weighted by atomic mass is 35.5. The molecule has 0 aliphatic heterocycles. The van der Waals surface area contributed by atoms with Crippen LogP contribution in [-0.2, 0) is 15.1 Å². The van der Waals surface area contributed by atoms with Gasteiger partial charge in [0.1, 0.15) is 5.15 Å². The van der Waals surface area contributed by atoms with Gasteiger partial charge in [-0.05, 0) is 29.0 Å². The van der Waals surface area contributed by atoms with Gasteiger partial charge in [0.15, 0.2) is 0 Å². The minimum Gasteiger partial charge on any atom is -0.477 e. The number of pyridine rings is 2. The van der Waals surface area contributed by atoms with Gasteiger partial charge in [0.2, 0.25) is 5.88 Å². The third-order valence-electron chi connectivity index (χ3n) is 4.52. The van der Waals surface area contributed by atoms with Gasteiger partial charge in [-0.1, -0.05) is 30.6 Å². The Morgan fingerprint density at radius 3 is 2.88 bits per heavy atom. The second kappa shape index (κ2) is 6.97. The first-order chi connectivity index (χ1) is 12.4. The molecule has 3 rings (SSSR count). The molecule has 136 valence electrons. The molecule has 26 heavy (non-hydrogen) atoms. The number of hydrogen-bond donors (Lipinski definition) is 0. The van der Waals surface area contributed by atoms with E-state index >= 15 is 0 Å². The lowest BCUT2D eigenvalue weighted by Gasteiger charge is -2.21. The molecule has 2 aromatic rings. The summed E-state index contributed by atoms with van der Waals surface area (Å²) in [6.07, 6.45) is 3.95. The van der Waals surface area contributed by atoms with Crippen LogP contribution in [0.2, 0.25) is 5.15 Å². The van der Waals surface area contributed by atoms with Crippen molar-refractivity contribution < 1.29 is 14.3 Å². The number of nitrogens with zero attached hydrogens (tertiary/aromatic N) is 5. The van der Waals surface area contributed by atoms with E-state index in [0.717, 1.165) is 17.4 Å². The van der Waals surface area contributed by atoms with Crippen molar-refractivity contribution in [3.05, 3.63) is 39.6 Å². The smallest absolute Gasteiger partial charge is 0.309 e. The predicted octanol–water partition coefficient (Wildman–Crippen LogP) is 4.02. The molecular formula is C17H18ClN5O3. The fourth-order valence-corrected chi connectivity index (χ4v) is 3.07. The monoisotopic (exact) mass is 375 g/mol. The van der Waals surface area contributed by atoms with Gasteiger partial charge in [0, 0.05) is 23.2 Å². The summed E-state index contributed by atoms with van der Waals surface area (Å²) < 4.78 is 10.6. The zero-order valence-electron chi connectivity index (χ0n) is 14.6. The SMILES string of the molecule is COC(=O)[C@@H]1C[C@H]1COc1ncc(C(C)(C)N=[N+]=[N-])c2cc(Cl)ncc12. The molecule has 0 N–H and O–H groups in total. The first kappa shape index (κ1) is 18.2. The van der Waals surface area contributed by atoms with Crippen molar-refractivity contribution in [3.63, 3.8) is 0 Å². The third kappa shape index (κ3) is 3.52. The minimum atomic E-state index is -0.810. The number of carbonyl (C=O) groups is 1. The Morgan fingerprint density at radius 1 is 1.42 bits per heavy atom. The van der Waals surface area contributed by atoms with E-state index in [1.807, 2.05) is 0 Å². The Morgan fingerprint density at radius 2 is 2.19 bits per heavy atom. The van der Waals surface area contributed by atoms with Gasteiger partial charge in [-0.3, -0.25) is 4.79 Å². The molecule has 1 saturated carbocycles. The molecular weight excluding hydrogens is 358 g/mol. The van der Waals surface area contributed by atoms with Crippen LogP contribution in [0.3, 0.4) is 0 Å². The summed E-state index contributed by atoms with van der Waals surface area (Å²) >= 11 is 6.05. The summed E-state index contributed by atoms with van der Waals surface area (Å²) in [6.45, 7) is 3.95. The Hall–Kier alpha value is -2.57. The number of esters is 1. The number of rotatable bonds is 6. The largest absolute Gasteiger partial charge is 0.477 e. The fourth-order valence-electron chi connectivity index (χ4n) is 2.91. The molecule has 0 unspecified atom stereocenters. The molecule has 0 amide bonds. The molecule has 2 heterocycles. The Bertz CT molecular complexity index is 911. The number of azide groups is 1. The first-order valence-corrected chi connectivity index (χ1v) is 8.46. The van der Waals surface area contributed by atoms with Gasteiger partial charge >= 0.3 is 5.97 Å². The Kier molecular flexibility index (Phi) is 4.89. The Balaban J connectivity index is 1.91. The zero-order valence-corrected chi connectivity index (χ0v) is 15.4. The van der Waals surface area contributed by atoms with Gasteiger partial charge in [-0.15, -0.1) is 0 Å². The van der Waals surface area contributed by atoms with E-state index in [9.17, 15) is 4.79 Å². The highest BCUT2D eigenvalue weighted by Crippen LogP contribution is 2.40. The van der Waals surface area contributed by atoms with Crippen LogP contribution in [0, 0.1) is 11.8 Å². The van der Waals surface area contributed by atoms with Crippen molar-refractivity contribution in [2.45, 2.75) is 25.8 Å². The maximum Gasteiger partial charge on any atom is 0.309 e. The van der Waals surface area contributed by atoms with E-state index in [1.165, 1.54) is 7.11 Å². The molecule has 8 nitrogen and oxygen atoms in total. The number of hydrogen-bond acceptors (Lipinski definition) is 6. The summed E-state index contributed by atoms with van der Waals surface area (Å²) in [5, 5.41) is 5.59. The average molecular weight is 376 g/mol. The van der Waals surface area contributed by atoms with E-state index in [1.54, 1.807) is 32.3 Å². The van der Waals surface area contributed by atoms with Crippen LogP contribution in [0.4, 0.5) is 0 Å². The lowest BCUT2D eigenvalue weighted by Crippen LogP contribution is -2.15. The molecule has 9 heteroatoms. The van der Waals surface area contributed by atoms with E-state index in [-0.39, 0.29) is 17.8 Å². The summed E-state index contributed by atoms with van der Waals surface area (Å²) in [4.78, 5) is 22.9. The Labute approximate surface area is 155 Å². The second-order valence-corrected chi connectivity index (χ2v) is 7.10. The topological polar surface area (TPSA) is 110 Å². The maximum absolute atomic E-state index is 11.5. The van der Waals surface area contributed by atoms with Crippen molar-refractivity contribution in [2.75, 3.05) is 13.7 Å². The molecule has 2 atom stereocenters. The minimum absolute atomic E-state index is 0.109. The van der Waals surface area contributed by atoms with Gasteiger partial charge in [0.05, 0.1) is 30.6 Å². The highest BCUT2D eigenvalue weighted by Gasteiger charge is 2.44. The van der Waals surface area contributed by atoms with Gasteiger partial charge in [-0.25, -0.2) is 9.97 Å². The molecule has 0 spiro atoms. The molecule has 1 fully saturated rings. The van der Waals surface area contributed by atoms with Crippen LogP contribution in [0.1, 0.15) is 25.8 Å². The van der Waals surface area contributed by atoms with Crippen LogP contribution in [0.5, 0.6) is 5.88 Å². The quantitative estimate of drug-likeness (QED) is 0.249. The summed E-state index contributed by atoms with van der Waals surface area (Å²) in [5.74, 6) is 0.206. The van der Waals surface area contributed by atoms with Gasteiger partial charge in [0.25, 0.3) is 0 Å². The maximum atomic E-state index is 11.5. The third-order valence-corrected chi connectivity index (χ3v) is 4.72. The zero-order chi connectivity index (χ0) is 18.9. The van der Waals surface area contributed by atoms with Gasteiger partial charge < -0.3 is 9.47 Å². The lowest BCUT2D eigenvalue weighted by molar-refractivity contribution is -0.142. The normalized spacial score (nSPS) is 18.9. The number of fused-ring (bicyclic) bond motifs is 1. The van der Waals surface area contributed by atoms with Crippen molar-refractivity contribution in [1.82, 2.24) is 9.97 Å². The second-order valence-electron chi connectivity index (χ2n) is 6.71. The van der Waals surface area contributed by atoms with Crippen molar-refractivity contribution in [3.8, 4) is 5.88 Å². The molecule has 0 saturated heterocycles. The van der Waals surface area contributed by atoms with E-state index in [4.69, 9.17) is 26.6 Å². The summed E-state index contributed by atoms with van der Waals surface area (Å²) in [7, 11) is 1.38. The van der Waals surface area contributed by atoms with E-state index in [2.05, 4.69) is 20.0 Å². The predicted molar refractivity (Wildman–Crippen MR) is 95.8 cm³/mol. The van der Waals surface area contributed by atoms with Crippen molar-refractivity contribution in [1.29, 1.82) is 0 Å². The fraction of sp³-hybridized carbons (Fsp3) is 0.471. The average Bonchev–Trinajstić information content (AvgIpc) is 3.38. The molecule has 1 aliphatic rings. The summed E-state index contributed by atoms with van der Waals surface area (Å²) in [6, 6.07) is 1.70. The van der Waals surface area contributed by atoms with Crippen LogP contribution < -0.4 is 4.74 Å². The van der Waals surface area contributed by atoms with Crippen LogP contribution >= 0.6 is 11.6 Å². The molecule has 0 radical (unpaired) electrons. The summed E-state index contributed by atoms with van der Waals surface area (Å²) in [5.41, 5.74) is 8.74. The number of methoxy groups -OCH3 is 1. The molecule has 0 bridgehead atoms. The van der Waals surface area contributed by atoms with E-state index in [0.29, 0.717) is 23.0 Å². The highest BCUT2D eigenvalue weighted by molar-refractivity contribution is 6.30. The molecule has 0 aromatic carbocycles. The van der Waals surface area contributed by atoms with Crippen LogP contribution in [0.25, 0.3) is 21.2 Å². The number of halogens is 1. The first-order valence-electron chi connectivity index (χ1n) is 8.09. The van der Waals surface area contributed by atoms with Gasteiger partial charge in [-0.2, -0.15) is 0 Å². The molecule has 2 aromatic heterocycles. The number of carbonyl (C=O) groups excluding carboxylic acids is 1. The lowest BCUT2D eigenvalue weighted by atomic mass is 9.93. The number of ether oxygens (including phenoxy) is 2. The van der Waals surface area contributed by atoms with Crippen LogP contribution in [0.15, 0.2) is 23.6 Å². The number of aromatic nitrogens is 2.